The molecule has 4 aliphatic carbocycles. The van der Waals surface area contributed by atoms with Crippen LogP contribution in [0.5, 0.6) is 0 Å². The number of rotatable bonds is 11. The minimum absolute atomic E-state index is 0.134. The summed E-state index contributed by atoms with van der Waals surface area (Å²) in [6.45, 7) is 22.5. The second kappa shape index (κ2) is 9.87. The van der Waals surface area contributed by atoms with E-state index in [1.165, 1.54) is 56.6 Å². The molecule has 8 atom stereocenters. The largest absolute Gasteiger partial charge is 0.481 e. The summed E-state index contributed by atoms with van der Waals surface area (Å²) in [6, 6.07) is 0. The highest BCUT2D eigenvalue weighted by Crippen LogP contribution is 2.87. The van der Waals surface area contributed by atoms with Gasteiger partial charge in [-0.15, -0.1) is 0 Å². The first-order valence-corrected chi connectivity index (χ1v) is 14.9. The van der Waals surface area contributed by atoms with Gasteiger partial charge in [-0.1, -0.05) is 52.0 Å². The van der Waals surface area contributed by atoms with Crippen molar-refractivity contribution in [3.05, 3.63) is 24.3 Å². The average Bonchev–Trinajstić information content (AvgIpc) is 3.41. The molecule has 4 saturated carbocycles. The molecule has 208 valence electrons. The first-order chi connectivity index (χ1) is 17.2. The van der Waals surface area contributed by atoms with Crippen molar-refractivity contribution in [1.82, 2.24) is 0 Å². The van der Waals surface area contributed by atoms with Crippen LogP contribution in [-0.4, -0.2) is 23.7 Å². The molecule has 0 aromatic rings. The zero-order chi connectivity index (χ0) is 27.4. The van der Waals surface area contributed by atoms with Crippen molar-refractivity contribution in [2.24, 2.45) is 51.2 Å². The van der Waals surface area contributed by atoms with Crippen LogP contribution in [0, 0.1) is 51.2 Å². The van der Waals surface area contributed by atoms with Gasteiger partial charge in [-0.05, 0) is 122 Å². The highest BCUT2D eigenvalue weighted by atomic mass is 16.5. The molecule has 4 nitrogen and oxygen atoms in total. The van der Waals surface area contributed by atoms with E-state index in [1.807, 2.05) is 0 Å². The Morgan fingerprint density at radius 1 is 1.00 bits per heavy atom. The summed E-state index contributed by atoms with van der Waals surface area (Å²) in [5.41, 5.74) is 3.42. The van der Waals surface area contributed by atoms with E-state index in [-0.39, 0.29) is 34.1 Å². The highest BCUT2D eigenvalue weighted by Gasteiger charge is 2.80. The molecule has 0 aromatic carbocycles. The second-order valence-electron chi connectivity index (χ2n) is 14.3. The molecule has 0 saturated heterocycles. The van der Waals surface area contributed by atoms with E-state index in [0.29, 0.717) is 36.2 Å². The Balaban J connectivity index is 1.62. The third-order valence-electron chi connectivity index (χ3n) is 12.6. The van der Waals surface area contributed by atoms with Crippen molar-refractivity contribution in [2.75, 3.05) is 6.61 Å². The smallest absolute Gasteiger partial charge is 0.303 e. The van der Waals surface area contributed by atoms with Crippen LogP contribution in [-0.2, 0) is 14.3 Å². The first-order valence-electron chi connectivity index (χ1n) is 14.9. The first kappa shape index (κ1) is 28.4. The fraction of sp³-hybridized carbons (Fsp3) is 0.818. The van der Waals surface area contributed by atoms with E-state index in [4.69, 9.17) is 4.74 Å². The van der Waals surface area contributed by atoms with Gasteiger partial charge in [0.15, 0.2) is 0 Å². The average molecular weight is 513 g/mol. The summed E-state index contributed by atoms with van der Waals surface area (Å²) in [5, 5.41) is 9.58. The van der Waals surface area contributed by atoms with E-state index in [1.54, 1.807) is 0 Å². The number of hydrogen-bond donors (Lipinski definition) is 1. The van der Waals surface area contributed by atoms with Gasteiger partial charge >= 0.3 is 11.9 Å². The molecule has 0 radical (unpaired) electrons. The Morgan fingerprint density at radius 2 is 1.70 bits per heavy atom. The molecule has 1 spiro atoms. The Morgan fingerprint density at radius 3 is 2.30 bits per heavy atom. The standard InChI is InChI=1S/C33H52O4/c1-21(2)23(5)9-10-25(19-37-24(6)34)27-13-15-31(8)28-12-11-26(22(3)4)32(16-14-29(35)36)20-33(28,32)18-17-30(27,31)7/h21,25-28H,3,5,9-20H2,1-2,4,6-8H3,(H,35,36)/t25-,26-,27+,28-,30+,31-,32+,33-/m0/s1. The maximum atomic E-state index is 11.8. The lowest BCUT2D eigenvalue weighted by Crippen LogP contribution is -2.54. The van der Waals surface area contributed by atoms with Crippen LogP contribution < -0.4 is 0 Å². The molecule has 37 heavy (non-hydrogen) atoms. The Bertz CT molecular complexity index is 950. The van der Waals surface area contributed by atoms with Gasteiger partial charge < -0.3 is 9.84 Å². The van der Waals surface area contributed by atoms with Crippen LogP contribution in [0.3, 0.4) is 0 Å². The fourth-order valence-electron chi connectivity index (χ4n) is 10.4. The highest BCUT2D eigenvalue weighted by molar-refractivity contribution is 5.67. The SMILES string of the molecule is C=C(CC[C@@H](COC(C)=O)[C@H]1CC[C@@]2(C)[C@@H]3CC[C@@H](C(=C)C)[C@@]4(CCC(=O)O)C[C@@]34CC[C@]12C)C(C)C. The number of carboxylic acids is 1. The molecular formula is C33H52O4. The molecule has 4 fully saturated rings. The molecule has 1 N–H and O–H groups in total. The van der Waals surface area contributed by atoms with Gasteiger partial charge in [-0.3, -0.25) is 9.59 Å². The number of carbonyl (C=O) groups is 2. The fourth-order valence-corrected chi connectivity index (χ4v) is 10.4. The lowest BCUT2D eigenvalue weighted by Gasteiger charge is -2.61. The van der Waals surface area contributed by atoms with Gasteiger partial charge in [-0.25, -0.2) is 0 Å². The molecule has 4 heteroatoms. The van der Waals surface area contributed by atoms with Crippen molar-refractivity contribution in [3.63, 3.8) is 0 Å². The summed E-state index contributed by atoms with van der Waals surface area (Å²) in [5.74, 6) is 1.65. The second-order valence-corrected chi connectivity index (χ2v) is 14.3. The maximum Gasteiger partial charge on any atom is 0.303 e. The van der Waals surface area contributed by atoms with E-state index >= 15 is 0 Å². The van der Waals surface area contributed by atoms with E-state index < -0.39 is 5.97 Å². The van der Waals surface area contributed by atoms with Crippen LogP contribution in [0.2, 0.25) is 0 Å². The number of ether oxygens (including phenoxy) is 1. The predicted molar refractivity (Wildman–Crippen MR) is 149 cm³/mol. The Hall–Kier alpha value is -1.58. The number of hydrogen-bond acceptors (Lipinski definition) is 3. The Kier molecular flexibility index (Phi) is 7.58. The Labute approximate surface area is 225 Å². The van der Waals surface area contributed by atoms with Crippen molar-refractivity contribution in [3.8, 4) is 0 Å². The summed E-state index contributed by atoms with van der Waals surface area (Å²) in [7, 11) is 0. The third kappa shape index (κ3) is 4.42. The third-order valence-corrected chi connectivity index (χ3v) is 12.6. The number of carbonyl (C=O) groups excluding carboxylic acids is 1. The minimum atomic E-state index is -0.664. The maximum absolute atomic E-state index is 11.8. The molecule has 0 amide bonds. The monoisotopic (exact) mass is 512 g/mol. The van der Waals surface area contributed by atoms with Crippen molar-refractivity contribution in [2.45, 2.75) is 112 Å². The molecule has 0 aliphatic heterocycles. The molecular weight excluding hydrogens is 460 g/mol. The zero-order valence-electron chi connectivity index (χ0n) is 24.5. The van der Waals surface area contributed by atoms with E-state index in [0.717, 1.165) is 25.7 Å². The zero-order valence-corrected chi connectivity index (χ0v) is 24.5. The van der Waals surface area contributed by atoms with Gasteiger partial charge in [0.25, 0.3) is 0 Å². The predicted octanol–water partition coefficient (Wildman–Crippen LogP) is 8.22. The summed E-state index contributed by atoms with van der Waals surface area (Å²) in [6.07, 6.45) is 11.5. The van der Waals surface area contributed by atoms with Crippen molar-refractivity contribution in [1.29, 1.82) is 0 Å². The van der Waals surface area contributed by atoms with Crippen molar-refractivity contribution >= 4 is 11.9 Å². The summed E-state index contributed by atoms with van der Waals surface area (Å²) < 4.78 is 5.68. The molecule has 0 aromatic heterocycles. The lowest BCUT2D eigenvalue weighted by molar-refractivity contribution is -0.147. The number of aliphatic carboxylic acids is 1. The number of allylic oxidation sites excluding steroid dienone is 2. The van der Waals surface area contributed by atoms with Gasteiger partial charge in [0.2, 0.25) is 0 Å². The number of carboxylic acid groups (broad SMARTS) is 1. The molecule has 4 rings (SSSR count). The number of fused-ring (bicyclic) bond motifs is 2. The topological polar surface area (TPSA) is 63.6 Å². The normalized spacial score (nSPS) is 40.8. The summed E-state index contributed by atoms with van der Waals surface area (Å²) in [4.78, 5) is 23.5. The van der Waals surface area contributed by atoms with Gasteiger partial charge in [0.05, 0.1) is 6.61 Å². The van der Waals surface area contributed by atoms with Gasteiger partial charge in [0.1, 0.15) is 0 Å². The quantitative estimate of drug-likeness (QED) is 0.224. The molecule has 0 bridgehead atoms. The number of esters is 1. The van der Waals surface area contributed by atoms with Crippen LogP contribution in [0.4, 0.5) is 0 Å². The molecule has 0 heterocycles. The van der Waals surface area contributed by atoms with Gasteiger partial charge in [-0.2, -0.15) is 0 Å². The van der Waals surface area contributed by atoms with E-state index in [9.17, 15) is 14.7 Å². The molecule has 4 aliphatic rings. The minimum Gasteiger partial charge on any atom is -0.481 e. The molecule has 0 unspecified atom stereocenters. The van der Waals surface area contributed by atoms with Crippen LogP contribution in [0.25, 0.3) is 0 Å². The summed E-state index contributed by atoms with van der Waals surface area (Å²) >= 11 is 0. The van der Waals surface area contributed by atoms with Crippen LogP contribution in [0.1, 0.15) is 112 Å². The van der Waals surface area contributed by atoms with E-state index in [2.05, 4.69) is 47.8 Å². The van der Waals surface area contributed by atoms with Crippen molar-refractivity contribution < 1.29 is 19.4 Å². The van der Waals surface area contributed by atoms with Crippen LogP contribution in [0.15, 0.2) is 24.3 Å². The van der Waals surface area contributed by atoms with Crippen LogP contribution >= 0.6 is 0 Å². The van der Waals surface area contributed by atoms with Gasteiger partial charge in [0, 0.05) is 13.3 Å². The lowest BCUT2D eigenvalue weighted by atomic mass is 9.43.